The smallest absolute Gasteiger partial charge is 0.249 e. The summed E-state index contributed by atoms with van der Waals surface area (Å²) in [6, 6.07) is -0.168. The summed E-state index contributed by atoms with van der Waals surface area (Å²) in [4.78, 5) is 27.7. The first-order valence-corrected chi connectivity index (χ1v) is 8.53. The van der Waals surface area contributed by atoms with Gasteiger partial charge < -0.3 is 10.2 Å². The molecule has 1 fully saturated rings. The molecular weight excluding hydrogens is 264 g/mol. The molecule has 1 N–H and O–H groups in total. The van der Waals surface area contributed by atoms with Gasteiger partial charge in [0.25, 0.3) is 0 Å². The predicted octanol–water partition coefficient (Wildman–Crippen LogP) is 3.11. The van der Waals surface area contributed by atoms with Crippen molar-refractivity contribution >= 4 is 11.8 Å². The molecule has 2 atom stereocenters. The second-order valence-corrected chi connectivity index (χ2v) is 6.53. The number of nitrogens with zero attached hydrogens (tertiary/aromatic N) is 1. The van der Waals surface area contributed by atoms with Crippen LogP contribution >= 0.6 is 0 Å². The molecule has 4 heteroatoms. The van der Waals surface area contributed by atoms with Crippen molar-refractivity contribution in [2.75, 3.05) is 0 Å². The molecule has 1 saturated heterocycles. The van der Waals surface area contributed by atoms with E-state index in [1.165, 1.54) is 0 Å². The maximum absolute atomic E-state index is 13.2. The van der Waals surface area contributed by atoms with Gasteiger partial charge in [0.05, 0.1) is 0 Å². The summed E-state index contributed by atoms with van der Waals surface area (Å²) < 4.78 is 0. The maximum atomic E-state index is 13.2. The molecule has 1 heterocycles. The molecule has 2 amide bonds. The normalized spacial score (nSPS) is 23.4. The molecule has 0 bridgehead atoms. The molecule has 1 aliphatic rings. The highest BCUT2D eigenvalue weighted by Crippen LogP contribution is 2.31. The number of carbonyl (C=O) groups excluding carboxylic acids is 2. The fourth-order valence-corrected chi connectivity index (χ4v) is 3.48. The van der Waals surface area contributed by atoms with Crippen molar-refractivity contribution in [1.82, 2.24) is 10.2 Å². The molecule has 21 heavy (non-hydrogen) atoms. The highest BCUT2D eigenvalue weighted by Gasteiger charge is 2.51. The van der Waals surface area contributed by atoms with Crippen LogP contribution in [-0.2, 0) is 9.59 Å². The van der Waals surface area contributed by atoms with E-state index in [0.29, 0.717) is 12.8 Å². The molecule has 0 aromatic carbocycles. The van der Waals surface area contributed by atoms with Crippen LogP contribution in [0.5, 0.6) is 0 Å². The average molecular weight is 296 g/mol. The van der Waals surface area contributed by atoms with Crippen LogP contribution in [0.3, 0.4) is 0 Å². The first-order chi connectivity index (χ1) is 9.88. The molecule has 0 spiro atoms. The number of hydrogen-bond donors (Lipinski definition) is 1. The molecule has 0 saturated carbocycles. The van der Waals surface area contributed by atoms with Crippen molar-refractivity contribution in [1.29, 1.82) is 0 Å². The quantitative estimate of drug-likeness (QED) is 0.785. The van der Waals surface area contributed by atoms with Crippen molar-refractivity contribution in [3.05, 3.63) is 0 Å². The van der Waals surface area contributed by atoms with Crippen LogP contribution < -0.4 is 5.32 Å². The van der Waals surface area contributed by atoms with Gasteiger partial charge in [-0.1, -0.05) is 48.0 Å². The van der Waals surface area contributed by atoms with Crippen molar-refractivity contribution in [3.8, 4) is 0 Å². The zero-order valence-electron chi connectivity index (χ0n) is 14.5. The van der Waals surface area contributed by atoms with Crippen molar-refractivity contribution in [2.45, 2.75) is 91.3 Å². The van der Waals surface area contributed by atoms with Gasteiger partial charge in [-0.05, 0) is 31.6 Å². The minimum atomic E-state index is -0.705. The Morgan fingerprint density at radius 2 is 1.71 bits per heavy atom. The number of piperazine rings is 1. The van der Waals surface area contributed by atoms with E-state index < -0.39 is 5.54 Å². The lowest BCUT2D eigenvalue weighted by molar-refractivity contribution is -0.160. The van der Waals surface area contributed by atoms with Gasteiger partial charge in [0.1, 0.15) is 11.6 Å². The van der Waals surface area contributed by atoms with Gasteiger partial charge >= 0.3 is 0 Å². The molecule has 122 valence electrons. The minimum absolute atomic E-state index is 0.0165. The highest BCUT2D eigenvalue weighted by atomic mass is 16.2. The van der Waals surface area contributed by atoms with Crippen molar-refractivity contribution in [3.63, 3.8) is 0 Å². The molecule has 0 aliphatic carbocycles. The van der Waals surface area contributed by atoms with E-state index in [0.717, 1.165) is 19.3 Å². The summed E-state index contributed by atoms with van der Waals surface area (Å²) in [6.07, 6.45) is 4.19. The van der Waals surface area contributed by atoms with E-state index >= 15 is 0 Å². The molecular formula is C17H32N2O2. The Labute approximate surface area is 129 Å². The van der Waals surface area contributed by atoms with Crippen LogP contribution in [0.4, 0.5) is 0 Å². The first-order valence-electron chi connectivity index (χ1n) is 8.53. The van der Waals surface area contributed by atoms with Crippen LogP contribution in [0.2, 0.25) is 0 Å². The summed E-state index contributed by atoms with van der Waals surface area (Å²) in [5.74, 6) is 0.264. The Morgan fingerprint density at radius 1 is 1.14 bits per heavy atom. The van der Waals surface area contributed by atoms with E-state index in [-0.39, 0.29) is 29.8 Å². The summed E-state index contributed by atoms with van der Waals surface area (Å²) in [7, 11) is 0. The molecule has 0 aromatic rings. The lowest BCUT2D eigenvalue weighted by Gasteiger charge is -2.49. The fourth-order valence-electron chi connectivity index (χ4n) is 3.48. The lowest BCUT2D eigenvalue weighted by atomic mass is 9.83. The Balaban J connectivity index is 3.26. The van der Waals surface area contributed by atoms with Crippen LogP contribution in [0.15, 0.2) is 0 Å². The van der Waals surface area contributed by atoms with Crippen LogP contribution in [0.25, 0.3) is 0 Å². The molecule has 1 rings (SSSR count). The summed E-state index contributed by atoms with van der Waals surface area (Å²) in [5, 5.41) is 3.03. The number of nitrogens with one attached hydrogen (secondary N) is 1. The van der Waals surface area contributed by atoms with Gasteiger partial charge in [0, 0.05) is 6.04 Å². The zero-order chi connectivity index (χ0) is 16.2. The Bertz CT molecular complexity index is 375. The van der Waals surface area contributed by atoms with Gasteiger partial charge in [0.15, 0.2) is 0 Å². The first kappa shape index (κ1) is 18.0. The second kappa shape index (κ2) is 7.28. The molecule has 2 unspecified atom stereocenters. The molecule has 4 nitrogen and oxygen atoms in total. The van der Waals surface area contributed by atoms with E-state index in [4.69, 9.17) is 0 Å². The third kappa shape index (κ3) is 3.24. The Kier molecular flexibility index (Phi) is 6.24. The van der Waals surface area contributed by atoms with Gasteiger partial charge in [-0.2, -0.15) is 0 Å². The summed E-state index contributed by atoms with van der Waals surface area (Å²) in [6.45, 7) is 12.3. The average Bonchev–Trinajstić information content (AvgIpc) is 2.46. The molecule has 0 aromatic heterocycles. The topological polar surface area (TPSA) is 49.4 Å². The maximum Gasteiger partial charge on any atom is 0.249 e. The van der Waals surface area contributed by atoms with E-state index in [2.05, 4.69) is 19.2 Å². The minimum Gasteiger partial charge on any atom is -0.340 e. The van der Waals surface area contributed by atoms with E-state index in [1.807, 2.05) is 32.6 Å². The highest BCUT2D eigenvalue weighted by molar-refractivity contribution is 6.00. The molecule has 0 radical (unpaired) electrons. The number of amides is 2. The Hall–Kier alpha value is -1.06. The van der Waals surface area contributed by atoms with Gasteiger partial charge in [-0.3, -0.25) is 9.59 Å². The third-order valence-electron chi connectivity index (χ3n) is 4.90. The third-order valence-corrected chi connectivity index (χ3v) is 4.90. The van der Waals surface area contributed by atoms with Gasteiger partial charge in [-0.15, -0.1) is 0 Å². The lowest BCUT2D eigenvalue weighted by Crippen LogP contribution is -2.72. The van der Waals surface area contributed by atoms with Crippen LogP contribution in [-0.4, -0.2) is 34.3 Å². The van der Waals surface area contributed by atoms with E-state index in [1.54, 1.807) is 0 Å². The van der Waals surface area contributed by atoms with Gasteiger partial charge in [0.2, 0.25) is 11.8 Å². The van der Waals surface area contributed by atoms with Gasteiger partial charge in [-0.25, -0.2) is 0 Å². The zero-order valence-corrected chi connectivity index (χ0v) is 14.5. The summed E-state index contributed by atoms with van der Waals surface area (Å²) in [5.41, 5.74) is -0.705. The number of hydrogen-bond acceptors (Lipinski definition) is 2. The standard InChI is InChI=1S/C17H32N2O2/c1-7-11-13(8-2)19-14(12(5)6)15(20)18-17(9-3,10-4)16(19)21/h12-14H,7-11H2,1-6H3,(H,18,20). The SMILES string of the molecule is CCCC(CC)N1C(=O)C(CC)(CC)NC(=O)C1C(C)C. The number of carbonyl (C=O) groups is 2. The van der Waals surface area contributed by atoms with Crippen molar-refractivity contribution in [2.24, 2.45) is 5.92 Å². The summed E-state index contributed by atoms with van der Waals surface area (Å²) >= 11 is 0. The van der Waals surface area contributed by atoms with Crippen LogP contribution in [0, 0.1) is 5.92 Å². The van der Waals surface area contributed by atoms with E-state index in [9.17, 15) is 9.59 Å². The largest absolute Gasteiger partial charge is 0.340 e. The Morgan fingerprint density at radius 3 is 2.10 bits per heavy atom. The predicted molar refractivity (Wildman–Crippen MR) is 85.9 cm³/mol. The molecule has 1 aliphatic heterocycles. The van der Waals surface area contributed by atoms with Crippen LogP contribution in [0.1, 0.15) is 73.6 Å². The fraction of sp³-hybridized carbons (Fsp3) is 0.882. The van der Waals surface area contributed by atoms with Crippen molar-refractivity contribution < 1.29 is 9.59 Å². The monoisotopic (exact) mass is 296 g/mol. The number of rotatable bonds is 7. The second-order valence-electron chi connectivity index (χ2n) is 6.53.